The summed E-state index contributed by atoms with van der Waals surface area (Å²) in [5.74, 6) is 0. The fourth-order valence-electron chi connectivity index (χ4n) is 1.37. The zero-order valence-electron chi connectivity index (χ0n) is 6.14. The van der Waals surface area contributed by atoms with Crippen molar-refractivity contribution >= 4 is 11.8 Å². The number of allylic oxidation sites excluding steroid dienone is 5. The lowest BCUT2D eigenvalue weighted by Gasteiger charge is -1.99. The molecule has 1 radical (unpaired) electrons. The Bertz CT molecular complexity index is 256. The molecule has 0 fully saturated rings. The fraction of sp³-hybridized carbons (Fsp3) is 0.222. The minimum Gasteiger partial charge on any atom is -0.117 e. The van der Waals surface area contributed by atoms with Crippen molar-refractivity contribution in [3.05, 3.63) is 39.5 Å². The monoisotopic (exact) mass is 149 g/mol. The Balaban J connectivity index is 2.48. The highest BCUT2D eigenvalue weighted by atomic mass is 32.2. The number of hydrogen-bond acceptors (Lipinski definition) is 1. The van der Waals surface area contributed by atoms with Crippen LogP contribution in [0.15, 0.2) is 34.3 Å². The van der Waals surface area contributed by atoms with Gasteiger partial charge < -0.3 is 0 Å². The molecule has 1 aliphatic carbocycles. The third-order valence-electron chi connectivity index (χ3n) is 1.88. The van der Waals surface area contributed by atoms with Gasteiger partial charge >= 0.3 is 0 Å². The molecule has 2 rings (SSSR count). The van der Waals surface area contributed by atoms with E-state index in [2.05, 4.69) is 32.1 Å². The Kier molecular flexibility index (Phi) is 1.27. The maximum Gasteiger partial charge on any atom is 0.0618 e. The molecule has 0 N–H and O–H groups in total. The quantitative estimate of drug-likeness (QED) is 0.510. The van der Waals surface area contributed by atoms with Crippen molar-refractivity contribution in [1.82, 2.24) is 0 Å². The Morgan fingerprint density at radius 2 is 2.10 bits per heavy atom. The lowest BCUT2D eigenvalue weighted by Crippen LogP contribution is -1.82. The number of hydrogen-bond donors (Lipinski definition) is 0. The van der Waals surface area contributed by atoms with Crippen LogP contribution >= 0.6 is 11.8 Å². The highest BCUT2D eigenvalue weighted by Crippen LogP contribution is 2.48. The van der Waals surface area contributed by atoms with Crippen LogP contribution in [0.1, 0.15) is 13.8 Å². The van der Waals surface area contributed by atoms with Crippen molar-refractivity contribution in [2.45, 2.75) is 13.8 Å². The van der Waals surface area contributed by atoms with Crippen LogP contribution < -0.4 is 0 Å². The predicted molar refractivity (Wildman–Crippen MR) is 46.4 cm³/mol. The molecule has 0 aromatic heterocycles. The molecule has 0 nitrogen and oxygen atoms in total. The van der Waals surface area contributed by atoms with Gasteiger partial charge in [-0.2, -0.15) is 0 Å². The van der Waals surface area contributed by atoms with Crippen LogP contribution in [0.5, 0.6) is 0 Å². The molecular formula is C9H9S. The first-order valence-electron chi connectivity index (χ1n) is 3.40. The molecule has 0 saturated heterocycles. The molecular weight excluding hydrogens is 140 g/mol. The highest BCUT2D eigenvalue weighted by molar-refractivity contribution is 8.06. The third kappa shape index (κ3) is 0.702. The van der Waals surface area contributed by atoms with Crippen molar-refractivity contribution in [1.29, 1.82) is 0 Å². The summed E-state index contributed by atoms with van der Waals surface area (Å²) in [6.07, 6.45) is 6.50. The fourth-order valence-corrected chi connectivity index (χ4v) is 2.41. The minimum atomic E-state index is 1.43. The molecule has 0 bridgehead atoms. The van der Waals surface area contributed by atoms with Gasteiger partial charge in [0, 0.05) is 0 Å². The van der Waals surface area contributed by atoms with Gasteiger partial charge in [0.2, 0.25) is 0 Å². The Morgan fingerprint density at radius 3 is 2.80 bits per heavy atom. The zero-order valence-corrected chi connectivity index (χ0v) is 6.96. The zero-order chi connectivity index (χ0) is 7.14. The van der Waals surface area contributed by atoms with E-state index < -0.39 is 0 Å². The minimum absolute atomic E-state index is 1.43. The van der Waals surface area contributed by atoms with Crippen LogP contribution in [0.3, 0.4) is 0 Å². The van der Waals surface area contributed by atoms with Crippen LogP contribution in [-0.4, -0.2) is 0 Å². The summed E-state index contributed by atoms with van der Waals surface area (Å²) in [6.45, 7) is 4.36. The second-order valence-electron chi connectivity index (χ2n) is 2.57. The second-order valence-corrected chi connectivity index (χ2v) is 4.00. The van der Waals surface area contributed by atoms with E-state index in [0.717, 1.165) is 0 Å². The van der Waals surface area contributed by atoms with Crippen molar-refractivity contribution < 1.29 is 0 Å². The highest BCUT2D eigenvalue weighted by Gasteiger charge is 2.24. The van der Waals surface area contributed by atoms with E-state index in [4.69, 9.17) is 0 Å². The van der Waals surface area contributed by atoms with Gasteiger partial charge in [-0.1, -0.05) is 18.2 Å². The third-order valence-corrected chi connectivity index (χ3v) is 2.93. The molecule has 0 aromatic carbocycles. The summed E-state index contributed by atoms with van der Waals surface area (Å²) in [4.78, 5) is 1.44. The van der Waals surface area contributed by atoms with E-state index in [1.54, 1.807) is 0 Å². The summed E-state index contributed by atoms with van der Waals surface area (Å²) >= 11 is 1.89. The van der Waals surface area contributed by atoms with E-state index in [9.17, 15) is 0 Å². The number of fused-ring (bicyclic) bond motifs is 1. The van der Waals surface area contributed by atoms with Gasteiger partial charge in [-0.15, -0.1) is 11.8 Å². The van der Waals surface area contributed by atoms with E-state index >= 15 is 0 Å². The molecule has 0 spiro atoms. The molecule has 2 aliphatic rings. The maximum absolute atomic E-state index is 2.19. The van der Waals surface area contributed by atoms with Gasteiger partial charge in [-0.25, -0.2) is 0 Å². The molecule has 0 aromatic rings. The van der Waals surface area contributed by atoms with Gasteiger partial charge in [0.05, 0.1) is 5.25 Å². The summed E-state index contributed by atoms with van der Waals surface area (Å²) in [6, 6.07) is 0. The molecule has 0 amide bonds. The molecule has 0 unspecified atom stereocenters. The average Bonchev–Trinajstić information content (AvgIpc) is 2.39. The summed E-state index contributed by atoms with van der Waals surface area (Å²) < 4.78 is 0. The number of rotatable bonds is 0. The van der Waals surface area contributed by atoms with Gasteiger partial charge in [0.25, 0.3) is 0 Å². The molecule has 1 heteroatoms. The first-order valence-corrected chi connectivity index (χ1v) is 4.22. The molecule has 0 saturated carbocycles. The van der Waals surface area contributed by atoms with E-state index in [1.165, 1.54) is 21.3 Å². The SMILES string of the molecule is C[C]1SC(C)=C2C=CC=C12. The van der Waals surface area contributed by atoms with Gasteiger partial charge in [-0.05, 0) is 29.9 Å². The van der Waals surface area contributed by atoms with Crippen molar-refractivity contribution in [3.63, 3.8) is 0 Å². The Labute approximate surface area is 65.7 Å². The van der Waals surface area contributed by atoms with Crippen molar-refractivity contribution in [2.24, 2.45) is 0 Å². The summed E-state index contributed by atoms with van der Waals surface area (Å²) in [5.41, 5.74) is 2.87. The lowest BCUT2D eigenvalue weighted by atomic mass is 10.1. The molecule has 1 aliphatic heterocycles. The van der Waals surface area contributed by atoms with Gasteiger partial charge in [0.15, 0.2) is 0 Å². The Morgan fingerprint density at radius 1 is 1.30 bits per heavy atom. The largest absolute Gasteiger partial charge is 0.117 e. The topological polar surface area (TPSA) is 0 Å². The van der Waals surface area contributed by atoms with Crippen LogP contribution in [0.2, 0.25) is 0 Å². The lowest BCUT2D eigenvalue weighted by molar-refractivity contribution is 1.38. The van der Waals surface area contributed by atoms with Gasteiger partial charge in [-0.3, -0.25) is 0 Å². The molecule has 51 valence electrons. The first kappa shape index (κ1) is 6.29. The van der Waals surface area contributed by atoms with Crippen LogP contribution in [0.25, 0.3) is 0 Å². The molecule has 1 heterocycles. The first-order chi connectivity index (χ1) is 4.79. The van der Waals surface area contributed by atoms with Crippen LogP contribution in [0, 0.1) is 5.25 Å². The second kappa shape index (κ2) is 2.03. The Hall–Kier alpha value is -0.430. The van der Waals surface area contributed by atoms with Crippen molar-refractivity contribution in [3.8, 4) is 0 Å². The van der Waals surface area contributed by atoms with Gasteiger partial charge in [0.1, 0.15) is 0 Å². The van der Waals surface area contributed by atoms with Crippen LogP contribution in [0.4, 0.5) is 0 Å². The van der Waals surface area contributed by atoms with Crippen LogP contribution in [-0.2, 0) is 0 Å². The normalized spacial score (nSPS) is 24.0. The van der Waals surface area contributed by atoms with E-state index in [1.807, 2.05) is 11.8 Å². The molecule has 10 heavy (non-hydrogen) atoms. The average molecular weight is 149 g/mol. The van der Waals surface area contributed by atoms with E-state index in [-0.39, 0.29) is 0 Å². The maximum atomic E-state index is 2.19. The number of thioether (sulfide) groups is 1. The molecule has 0 atom stereocenters. The summed E-state index contributed by atoms with van der Waals surface area (Å²) in [5, 5.41) is 1.44. The summed E-state index contributed by atoms with van der Waals surface area (Å²) in [7, 11) is 0. The smallest absolute Gasteiger partial charge is 0.0618 e. The standard InChI is InChI=1S/C9H9S/c1-6-8-4-3-5-9(8)7(2)10-6/h3-5H,1-2H3. The predicted octanol–water partition coefficient (Wildman–Crippen LogP) is 3.06. The van der Waals surface area contributed by atoms with Crippen molar-refractivity contribution in [2.75, 3.05) is 0 Å². The van der Waals surface area contributed by atoms with E-state index in [0.29, 0.717) is 0 Å².